The first-order valence-corrected chi connectivity index (χ1v) is 15.4. The van der Waals surface area contributed by atoms with Crippen molar-refractivity contribution in [2.24, 2.45) is 11.8 Å². The summed E-state index contributed by atoms with van der Waals surface area (Å²) < 4.78 is 20.6. The molecule has 12 heteroatoms. The van der Waals surface area contributed by atoms with Crippen molar-refractivity contribution in [1.29, 1.82) is 0 Å². The number of carbonyl (C=O) groups is 1. The number of ether oxygens (including phenoxy) is 2. The number of benzene rings is 1. The van der Waals surface area contributed by atoms with E-state index < -0.39 is 28.9 Å². The summed E-state index contributed by atoms with van der Waals surface area (Å²) >= 11 is 1.24. The summed E-state index contributed by atoms with van der Waals surface area (Å²) in [5.41, 5.74) is -1.44. The molecule has 3 fully saturated rings. The fourth-order valence-corrected chi connectivity index (χ4v) is 8.45. The molecule has 11 nitrogen and oxygen atoms in total. The SMILES string of the molecule is COc1ccccc1C(Cn1c(=O)n(C2(C(=O)O)CC2)c(=O)c2c(C)c(-c3ncco3)sc21)OC1CC2CN(C)CC2C1. The molecule has 2 aliphatic carbocycles. The minimum Gasteiger partial charge on any atom is -0.496 e. The molecule has 43 heavy (non-hydrogen) atoms. The Morgan fingerprint density at radius 1 is 1.21 bits per heavy atom. The van der Waals surface area contributed by atoms with Crippen LogP contribution >= 0.6 is 11.3 Å². The molecule has 226 valence electrons. The van der Waals surface area contributed by atoms with E-state index in [0.717, 1.165) is 36.1 Å². The molecule has 0 bridgehead atoms. The van der Waals surface area contributed by atoms with Crippen LogP contribution in [0.5, 0.6) is 5.75 Å². The predicted octanol–water partition coefficient (Wildman–Crippen LogP) is 3.87. The highest BCUT2D eigenvalue weighted by Gasteiger charge is 2.55. The monoisotopic (exact) mass is 606 g/mol. The molecule has 0 spiro atoms. The van der Waals surface area contributed by atoms with Crippen molar-refractivity contribution in [3.8, 4) is 16.5 Å². The van der Waals surface area contributed by atoms with Crippen LogP contribution < -0.4 is 16.0 Å². The zero-order valence-corrected chi connectivity index (χ0v) is 25.1. The number of nitrogens with zero attached hydrogens (tertiary/aromatic N) is 4. The van der Waals surface area contributed by atoms with E-state index in [1.165, 1.54) is 28.4 Å². The molecule has 0 radical (unpaired) electrons. The highest BCUT2D eigenvalue weighted by Crippen LogP contribution is 2.44. The largest absolute Gasteiger partial charge is 0.496 e. The van der Waals surface area contributed by atoms with E-state index in [-0.39, 0.29) is 25.5 Å². The first-order valence-electron chi connectivity index (χ1n) is 14.6. The molecule has 1 aromatic carbocycles. The molecule has 3 atom stereocenters. The Hall–Kier alpha value is -3.74. The van der Waals surface area contributed by atoms with E-state index in [0.29, 0.717) is 44.1 Å². The number of thiophene rings is 1. The molecule has 3 unspecified atom stereocenters. The Labute approximate surface area is 251 Å². The maximum atomic E-state index is 14.3. The number of aromatic nitrogens is 3. The van der Waals surface area contributed by atoms with E-state index in [9.17, 15) is 19.5 Å². The second kappa shape index (κ2) is 10.5. The van der Waals surface area contributed by atoms with Crippen molar-refractivity contribution in [1.82, 2.24) is 19.0 Å². The number of aliphatic carboxylic acids is 1. The van der Waals surface area contributed by atoms with Crippen LogP contribution in [0.3, 0.4) is 0 Å². The molecule has 7 rings (SSSR count). The number of carboxylic acid groups (broad SMARTS) is 1. The van der Waals surface area contributed by atoms with Crippen molar-refractivity contribution in [3.63, 3.8) is 0 Å². The quantitative estimate of drug-likeness (QED) is 0.302. The summed E-state index contributed by atoms with van der Waals surface area (Å²) in [4.78, 5) is 48.4. The number of rotatable bonds is 9. The highest BCUT2D eigenvalue weighted by molar-refractivity contribution is 7.22. The van der Waals surface area contributed by atoms with E-state index in [1.807, 2.05) is 24.3 Å². The third-order valence-electron chi connectivity index (χ3n) is 9.47. The van der Waals surface area contributed by atoms with Crippen LogP contribution in [-0.4, -0.2) is 63.4 Å². The minimum atomic E-state index is -1.56. The lowest BCUT2D eigenvalue weighted by atomic mass is 10.0. The highest BCUT2D eigenvalue weighted by atomic mass is 32.1. The minimum absolute atomic E-state index is 0.00236. The van der Waals surface area contributed by atoms with Crippen LogP contribution in [0.2, 0.25) is 0 Å². The lowest BCUT2D eigenvalue weighted by molar-refractivity contribution is -0.142. The van der Waals surface area contributed by atoms with Gasteiger partial charge in [0.1, 0.15) is 28.5 Å². The summed E-state index contributed by atoms with van der Waals surface area (Å²) in [6.45, 7) is 3.94. The number of fused-ring (bicyclic) bond motifs is 2. The van der Waals surface area contributed by atoms with Crippen molar-refractivity contribution in [2.45, 2.75) is 56.9 Å². The number of oxazole rings is 1. The number of aryl methyl sites for hydroxylation is 1. The lowest BCUT2D eigenvalue weighted by Crippen LogP contribution is -2.49. The van der Waals surface area contributed by atoms with Gasteiger partial charge in [-0.2, -0.15) is 0 Å². The summed E-state index contributed by atoms with van der Waals surface area (Å²) in [5, 5.41) is 10.4. The number of hydrogen-bond donors (Lipinski definition) is 1. The summed E-state index contributed by atoms with van der Waals surface area (Å²) in [6, 6.07) is 7.59. The average molecular weight is 607 g/mol. The Kier molecular flexibility index (Phi) is 6.82. The Morgan fingerprint density at radius 2 is 1.93 bits per heavy atom. The maximum absolute atomic E-state index is 14.3. The Morgan fingerprint density at radius 3 is 2.56 bits per heavy atom. The topological polar surface area (TPSA) is 129 Å². The van der Waals surface area contributed by atoms with Gasteiger partial charge in [0.15, 0.2) is 0 Å². The molecular weight excluding hydrogens is 572 g/mol. The smallest absolute Gasteiger partial charge is 0.333 e. The molecule has 1 N–H and O–H groups in total. The second-order valence-electron chi connectivity index (χ2n) is 12.1. The summed E-state index contributed by atoms with van der Waals surface area (Å²) in [5.74, 6) is 0.924. The molecule has 0 amide bonds. The fraction of sp³-hybridized carbons (Fsp3) is 0.484. The van der Waals surface area contributed by atoms with Crippen molar-refractivity contribution < 1.29 is 23.8 Å². The third-order valence-corrected chi connectivity index (χ3v) is 10.8. The maximum Gasteiger partial charge on any atom is 0.333 e. The fourth-order valence-electron chi connectivity index (χ4n) is 7.21. The average Bonchev–Trinajstić information content (AvgIpc) is 3.28. The van der Waals surface area contributed by atoms with E-state index in [1.54, 1.807) is 14.0 Å². The zero-order valence-electron chi connectivity index (χ0n) is 24.3. The standard InChI is InChI=1S/C31H34N4O7S/c1-17-24-27(36)35(31(8-9-31)29(37)38)30(39)34(28(24)43-25(17)26-32-10-11-41-26)16-23(21-6-4-5-7-22(21)40-3)42-20-12-18-14-33(2)15-19(18)13-20/h4-7,10-11,18-20,23H,8-9,12-16H2,1-3H3,(H,37,38). The van der Waals surface area contributed by atoms with Gasteiger partial charge in [0, 0.05) is 18.7 Å². The van der Waals surface area contributed by atoms with Crippen molar-refractivity contribution >= 4 is 27.5 Å². The molecule has 1 saturated heterocycles. The van der Waals surface area contributed by atoms with Gasteiger partial charge in [-0.05, 0) is 63.1 Å². The molecular formula is C31H34N4O7S. The molecule has 4 aromatic rings. The van der Waals surface area contributed by atoms with Gasteiger partial charge >= 0.3 is 11.7 Å². The number of likely N-dealkylation sites (tertiary alicyclic amines) is 1. The van der Waals surface area contributed by atoms with Gasteiger partial charge in [-0.15, -0.1) is 11.3 Å². The molecule has 4 heterocycles. The van der Waals surface area contributed by atoms with Crippen LogP contribution in [0.1, 0.15) is 42.9 Å². The van der Waals surface area contributed by atoms with Gasteiger partial charge in [0.05, 0.1) is 36.2 Å². The number of methoxy groups -OCH3 is 1. The number of hydrogen-bond acceptors (Lipinski definition) is 9. The summed E-state index contributed by atoms with van der Waals surface area (Å²) in [7, 11) is 3.75. The van der Waals surface area contributed by atoms with Crippen molar-refractivity contribution in [3.05, 3.63) is 68.7 Å². The van der Waals surface area contributed by atoms with E-state index >= 15 is 0 Å². The molecule has 3 aromatic heterocycles. The lowest BCUT2D eigenvalue weighted by Gasteiger charge is -2.26. The Balaban J connectivity index is 1.39. The summed E-state index contributed by atoms with van der Waals surface area (Å²) in [6.07, 6.45) is 4.67. The molecule has 1 aliphatic heterocycles. The van der Waals surface area contributed by atoms with Gasteiger partial charge in [0.25, 0.3) is 5.56 Å². The van der Waals surface area contributed by atoms with Crippen LogP contribution in [0, 0.1) is 18.8 Å². The van der Waals surface area contributed by atoms with Crippen LogP contribution in [0.15, 0.2) is 50.7 Å². The van der Waals surface area contributed by atoms with Crippen LogP contribution in [-0.2, 0) is 21.6 Å². The van der Waals surface area contributed by atoms with Gasteiger partial charge in [-0.25, -0.2) is 19.1 Å². The Bertz CT molecular complexity index is 1810. The van der Waals surface area contributed by atoms with Gasteiger partial charge in [0.2, 0.25) is 5.89 Å². The van der Waals surface area contributed by atoms with Gasteiger partial charge in [-0.3, -0.25) is 9.36 Å². The van der Waals surface area contributed by atoms with Gasteiger partial charge in [-0.1, -0.05) is 18.2 Å². The molecule has 2 saturated carbocycles. The second-order valence-corrected chi connectivity index (χ2v) is 13.1. The van der Waals surface area contributed by atoms with E-state index in [2.05, 4.69) is 16.9 Å². The predicted molar refractivity (Wildman–Crippen MR) is 160 cm³/mol. The first kappa shape index (κ1) is 28.1. The van der Waals surface area contributed by atoms with Crippen molar-refractivity contribution in [2.75, 3.05) is 27.2 Å². The van der Waals surface area contributed by atoms with Crippen LogP contribution in [0.25, 0.3) is 21.0 Å². The normalized spacial score (nSPS) is 23.5. The zero-order chi connectivity index (χ0) is 30.0. The van der Waals surface area contributed by atoms with Crippen LogP contribution in [0.4, 0.5) is 0 Å². The van der Waals surface area contributed by atoms with E-state index in [4.69, 9.17) is 13.9 Å². The van der Waals surface area contributed by atoms with Gasteiger partial charge < -0.3 is 23.9 Å². The first-order chi connectivity index (χ1) is 20.7. The number of carboxylic acids is 1. The molecule has 3 aliphatic rings. The number of para-hydroxylation sites is 1. The third kappa shape index (κ3) is 4.54.